The minimum atomic E-state index is -0.0411. The minimum absolute atomic E-state index is 0. The molecular weight excluding hydrogens is 513 g/mol. The Labute approximate surface area is 209 Å². The fourth-order valence-electron chi connectivity index (χ4n) is 3.83. The fraction of sp³-hybridized carbons (Fsp3) is 0.440. The molecule has 1 aliphatic heterocycles. The summed E-state index contributed by atoms with van der Waals surface area (Å²) in [6.45, 7) is 9.17. The second kappa shape index (κ2) is 14.1. The van der Waals surface area contributed by atoms with Gasteiger partial charge in [0.25, 0.3) is 5.91 Å². The van der Waals surface area contributed by atoms with Crippen LogP contribution in [-0.2, 0) is 13.1 Å². The molecule has 0 aromatic heterocycles. The lowest BCUT2D eigenvalue weighted by Crippen LogP contribution is -2.48. The number of nitrogens with one attached hydrogen (secondary N) is 3. The van der Waals surface area contributed by atoms with E-state index in [2.05, 4.69) is 58.1 Å². The highest BCUT2D eigenvalue weighted by Gasteiger charge is 2.20. The van der Waals surface area contributed by atoms with E-state index in [1.165, 1.54) is 5.56 Å². The van der Waals surface area contributed by atoms with Crippen LogP contribution in [0.1, 0.15) is 48.2 Å². The van der Waals surface area contributed by atoms with Crippen molar-refractivity contribution >= 4 is 35.8 Å². The third kappa shape index (κ3) is 8.43. The zero-order chi connectivity index (χ0) is 21.9. The molecule has 32 heavy (non-hydrogen) atoms. The molecule has 3 N–H and O–H groups in total. The van der Waals surface area contributed by atoms with Gasteiger partial charge in [0.05, 0.1) is 6.54 Å². The predicted octanol–water partition coefficient (Wildman–Crippen LogP) is 3.77. The smallest absolute Gasteiger partial charge is 0.251 e. The molecule has 0 unspecified atom stereocenters. The summed E-state index contributed by atoms with van der Waals surface area (Å²) in [5.41, 5.74) is 3.08. The van der Waals surface area contributed by atoms with Crippen LogP contribution in [0.4, 0.5) is 0 Å². The highest BCUT2D eigenvalue weighted by Crippen LogP contribution is 2.14. The van der Waals surface area contributed by atoms with Crippen molar-refractivity contribution in [2.45, 2.75) is 45.8 Å². The zero-order valence-corrected chi connectivity index (χ0v) is 21.5. The van der Waals surface area contributed by atoms with Gasteiger partial charge in [-0.05, 0) is 49.9 Å². The molecule has 0 atom stereocenters. The van der Waals surface area contributed by atoms with Gasteiger partial charge in [-0.15, -0.1) is 24.0 Å². The quantitative estimate of drug-likeness (QED) is 0.267. The maximum atomic E-state index is 12.1. The van der Waals surface area contributed by atoms with Crippen molar-refractivity contribution in [3.63, 3.8) is 0 Å². The van der Waals surface area contributed by atoms with E-state index in [0.29, 0.717) is 24.7 Å². The molecule has 1 heterocycles. The van der Waals surface area contributed by atoms with E-state index < -0.39 is 0 Å². The summed E-state index contributed by atoms with van der Waals surface area (Å²) in [5.74, 6) is 0.799. The van der Waals surface area contributed by atoms with E-state index in [-0.39, 0.29) is 29.9 Å². The Hall–Kier alpha value is -2.13. The van der Waals surface area contributed by atoms with E-state index in [1.54, 1.807) is 0 Å². The molecule has 2 aromatic rings. The number of nitrogens with zero attached hydrogens (tertiary/aromatic N) is 2. The number of guanidine groups is 1. The molecule has 0 radical (unpaired) electrons. The summed E-state index contributed by atoms with van der Waals surface area (Å²) in [4.78, 5) is 19.3. The number of piperidine rings is 1. The molecule has 0 saturated carbocycles. The molecular formula is C25H36IN5O. The van der Waals surface area contributed by atoms with E-state index in [0.717, 1.165) is 50.5 Å². The lowest BCUT2D eigenvalue weighted by atomic mass is 10.0. The molecule has 1 aliphatic rings. The number of hydrogen-bond acceptors (Lipinski definition) is 3. The molecule has 0 bridgehead atoms. The summed E-state index contributed by atoms with van der Waals surface area (Å²) in [6.07, 6.45) is 2.20. The first-order valence-electron chi connectivity index (χ1n) is 11.4. The highest BCUT2D eigenvalue weighted by molar-refractivity contribution is 14.0. The Balaban J connectivity index is 0.00000363. The number of halogens is 1. The molecule has 174 valence electrons. The first kappa shape index (κ1) is 26.1. The number of carbonyl (C=O) groups is 1. The van der Waals surface area contributed by atoms with Crippen LogP contribution in [0.25, 0.3) is 0 Å². The Kier molecular flexibility index (Phi) is 11.5. The number of rotatable bonds is 8. The van der Waals surface area contributed by atoms with Crippen LogP contribution in [0.3, 0.4) is 0 Å². The Bertz CT molecular complexity index is 850. The van der Waals surface area contributed by atoms with Crippen LogP contribution >= 0.6 is 24.0 Å². The largest absolute Gasteiger partial charge is 0.357 e. The summed E-state index contributed by atoms with van der Waals surface area (Å²) in [5, 5.41) is 9.80. The molecule has 0 aliphatic carbocycles. The topological polar surface area (TPSA) is 68.8 Å². The number of likely N-dealkylation sites (tertiary alicyclic amines) is 1. The number of benzene rings is 2. The SMILES string of the molecule is CCNC(=O)c1cccc(CN=C(NCC)NC2CCN(Cc3ccccc3)CC2)c1.I. The molecule has 1 amide bonds. The molecule has 7 heteroatoms. The number of carbonyl (C=O) groups excluding carboxylic acids is 1. The molecule has 1 saturated heterocycles. The molecule has 3 rings (SSSR count). The second-order valence-electron chi connectivity index (χ2n) is 7.94. The van der Waals surface area contributed by atoms with Crippen molar-refractivity contribution in [2.75, 3.05) is 26.2 Å². The number of aliphatic imine (C=N–C) groups is 1. The molecule has 6 nitrogen and oxygen atoms in total. The third-order valence-electron chi connectivity index (χ3n) is 5.47. The van der Waals surface area contributed by atoms with E-state index in [4.69, 9.17) is 4.99 Å². The van der Waals surface area contributed by atoms with Gasteiger partial charge in [0.1, 0.15) is 0 Å². The van der Waals surface area contributed by atoms with Crippen LogP contribution in [0, 0.1) is 0 Å². The first-order valence-corrected chi connectivity index (χ1v) is 11.4. The van der Waals surface area contributed by atoms with Crippen molar-refractivity contribution < 1.29 is 4.79 Å². The summed E-state index contributed by atoms with van der Waals surface area (Å²) in [7, 11) is 0. The highest BCUT2D eigenvalue weighted by atomic mass is 127. The Morgan fingerprint density at radius 2 is 1.66 bits per heavy atom. The average Bonchev–Trinajstić information content (AvgIpc) is 2.80. The molecule has 0 spiro atoms. The van der Waals surface area contributed by atoms with Crippen molar-refractivity contribution in [2.24, 2.45) is 4.99 Å². The van der Waals surface area contributed by atoms with E-state index >= 15 is 0 Å². The van der Waals surface area contributed by atoms with Gasteiger partial charge in [0.2, 0.25) is 0 Å². The van der Waals surface area contributed by atoms with Gasteiger partial charge in [-0.3, -0.25) is 9.69 Å². The molecule has 2 aromatic carbocycles. The average molecular weight is 550 g/mol. The first-order chi connectivity index (χ1) is 15.2. The lowest BCUT2D eigenvalue weighted by Gasteiger charge is -2.33. The van der Waals surface area contributed by atoms with E-state index in [1.807, 2.05) is 31.2 Å². The fourth-order valence-corrected chi connectivity index (χ4v) is 3.83. The minimum Gasteiger partial charge on any atom is -0.357 e. The van der Waals surface area contributed by atoms with Gasteiger partial charge in [-0.2, -0.15) is 0 Å². The maximum absolute atomic E-state index is 12.1. The van der Waals surface area contributed by atoms with Crippen LogP contribution in [0.2, 0.25) is 0 Å². The van der Waals surface area contributed by atoms with Gasteiger partial charge in [0.15, 0.2) is 5.96 Å². The molecule has 1 fully saturated rings. The number of hydrogen-bond donors (Lipinski definition) is 3. The van der Waals surface area contributed by atoms with Gasteiger partial charge in [0, 0.05) is 44.3 Å². The van der Waals surface area contributed by atoms with Gasteiger partial charge < -0.3 is 16.0 Å². The van der Waals surface area contributed by atoms with Crippen LogP contribution < -0.4 is 16.0 Å². The summed E-state index contributed by atoms with van der Waals surface area (Å²) < 4.78 is 0. The Morgan fingerprint density at radius 3 is 2.34 bits per heavy atom. The Morgan fingerprint density at radius 1 is 0.969 bits per heavy atom. The van der Waals surface area contributed by atoms with Crippen molar-refractivity contribution in [1.82, 2.24) is 20.9 Å². The number of amides is 1. The van der Waals surface area contributed by atoms with Gasteiger partial charge >= 0.3 is 0 Å². The summed E-state index contributed by atoms with van der Waals surface area (Å²) >= 11 is 0. The van der Waals surface area contributed by atoms with Crippen LogP contribution in [0.5, 0.6) is 0 Å². The van der Waals surface area contributed by atoms with Crippen LogP contribution in [-0.4, -0.2) is 49.0 Å². The maximum Gasteiger partial charge on any atom is 0.251 e. The second-order valence-corrected chi connectivity index (χ2v) is 7.94. The normalized spacial score (nSPS) is 15.0. The zero-order valence-electron chi connectivity index (χ0n) is 19.1. The standard InChI is InChI=1S/C25H35N5O.HI/c1-3-26-24(31)22-12-8-11-21(17-22)18-28-25(27-4-2)29-23-13-15-30(16-14-23)19-20-9-6-5-7-10-20;/h5-12,17,23H,3-4,13-16,18-19H2,1-2H3,(H,26,31)(H2,27,28,29);1H. The van der Waals surface area contributed by atoms with Gasteiger partial charge in [-0.25, -0.2) is 4.99 Å². The van der Waals surface area contributed by atoms with E-state index in [9.17, 15) is 4.79 Å². The van der Waals surface area contributed by atoms with Crippen molar-refractivity contribution in [1.29, 1.82) is 0 Å². The lowest BCUT2D eigenvalue weighted by molar-refractivity contribution is 0.0955. The third-order valence-corrected chi connectivity index (χ3v) is 5.47. The predicted molar refractivity (Wildman–Crippen MR) is 143 cm³/mol. The van der Waals surface area contributed by atoms with Crippen molar-refractivity contribution in [3.8, 4) is 0 Å². The monoisotopic (exact) mass is 549 g/mol. The van der Waals surface area contributed by atoms with Crippen molar-refractivity contribution in [3.05, 3.63) is 71.3 Å². The summed E-state index contributed by atoms with van der Waals surface area (Å²) in [6, 6.07) is 18.8. The van der Waals surface area contributed by atoms with Crippen LogP contribution in [0.15, 0.2) is 59.6 Å². The van der Waals surface area contributed by atoms with Gasteiger partial charge in [-0.1, -0.05) is 42.5 Å².